The van der Waals surface area contributed by atoms with Gasteiger partial charge in [0.05, 0.1) is 0 Å². The van der Waals surface area contributed by atoms with Gasteiger partial charge in [-0.05, 0) is 36.8 Å². The average Bonchev–Trinajstić information content (AvgIpc) is 3.61. The van der Waals surface area contributed by atoms with E-state index in [9.17, 15) is 27.6 Å². The minimum Gasteiger partial charge on any atom is -0.329 e. The van der Waals surface area contributed by atoms with Crippen LogP contribution in [-0.2, 0) is 15.1 Å². The van der Waals surface area contributed by atoms with Gasteiger partial charge in [-0.1, -0.05) is 60.7 Å². The molecule has 0 bridgehead atoms. The van der Waals surface area contributed by atoms with Crippen molar-refractivity contribution in [3.63, 3.8) is 0 Å². The Morgan fingerprint density at radius 3 is 2.03 bits per heavy atom. The Hall–Kier alpha value is -3.36. The average molecular weight is 459 g/mol. The van der Waals surface area contributed by atoms with Gasteiger partial charge >= 0.3 is 12.2 Å². The summed E-state index contributed by atoms with van der Waals surface area (Å²) in [5, 5.41) is 2.70. The van der Waals surface area contributed by atoms with Crippen LogP contribution in [0.25, 0.3) is 0 Å². The highest BCUT2D eigenvalue weighted by Crippen LogP contribution is 2.38. The monoisotopic (exact) mass is 459 g/mol. The van der Waals surface area contributed by atoms with E-state index in [0.717, 1.165) is 17.7 Å². The van der Waals surface area contributed by atoms with E-state index in [-0.39, 0.29) is 5.92 Å². The van der Waals surface area contributed by atoms with Gasteiger partial charge in [-0.2, -0.15) is 13.2 Å². The van der Waals surface area contributed by atoms with Gasteiger partial charge in [0, 0.05) is 6.04 Å². The Balaban J connectivity index is 1.66. The highest BCUT2D eigenvalue weighted by Gasteiger charge is 2.54. The number of amides is 4. The molecule has 1 aliphatic carbocycles. The first-order chi connectivity index (χ1) is 15.6. The quantitative estimate of drug-likeness (QED) is 0.643. The predicted octanol–water partition coefficient (Wildman–Crippen LogP) is 3.67. The summed E-state index contributed by atoms with van der Waals surface area (Å²) < 4.78 is 39.6. The van der Waals surface area contributed by atoms with Crippen LogP contribution in [0.4, 0.5) is 18.0 Å². The second kappa shape index (κ2) is 8.53. The van der Waals surface area contributed by atoms with Gasteiger partial charge in [0.2, 0.25) is 5.91 Å². The fraction of sp³-hybridized carbons (Fsp3) is 0.375. The molecule has 0 radical (unpaired) electrons. The summed E-state index contributed by atoms with van der Waals surface area (Å²) >= 11 is 0. The van der Waals surface area contributed by atoms with Gasteiger partial charge in [0.15, 0.2) is 5.54 Å². The summed E-state index contributed by atoms with van der Waals surface area (Å²) in [5.74, 6) is -1.62. The number of nitrogens with one attached hydrogen (secondary N) is 1. The molecule has 4 amide bonds. The molecule has 0 unspecified atom stereocenters. The molecule has 0 aromatic heterocycles. The van der Waals surface area contributed by atoms with E-state index in [4.69, 9.17) is 0 Å². The second-order valence-electron chi connectivity index (χ2n) is 8.52. The van der Waals surface area contributed by atoms with Crippen LogP contribution in [-0.4, -0.2) is 53.0 Å². The number of carbonyl (C=O) groups is 3. The lowest BCUT2D eigenvalue weighted by Crippen LogP contribution is -2.51. The first-order valence-electron chi connectivity index (χ1n) is 10.7. The SMILES string of the molecule is C[C@@H](C1CC1)N(CC(F)(F)F)C(=O)CN1C(=O)NC(c2ccccc2)(c2ccccc2)C1=O. The Kier molecular flexibility index (Phi) is 5.90. The molecule has 1 saturated carbocycles. The third-order valence-corrected chi connectivity index (χ3v) is 6.28. The van der Waals surface area contributed by atoms with Crippen molar-refractivity contribution < 1.29 is 27.6 Å². The number of benzene rings is 2. The maximum Gasteiger partial charge on any atom is 0.406 e. The van der Waals surface area contributed by atoms with Crippen molar-refractivity contribution >= 4 is 17.8 Å². The molecular formula is C24H24F3N3O3. The molecule has 33 heavy (non-hydrogen) atoms. The summed E-state index contributed by atoms with van der Waals surface area (Å²) in [6, 6.07) is 15.7. The van der Waals surface area contributed by atoms with Crippen LogP contribution in [0.15, 0.2) is 60.7 Å². The predicted molar refractivity (Wildman–Crippen MR) is 114 cm³/mol. The number of halogens is 3. The van der Waals surface area contributed by atoms with E-state index < -0.39 is 48.7 Å². The van der Waals surface area contributed by atoms with Crippen molar-refractivity contribution in [2.45, 2.75) is 37.5 Å². The highest BCUT2D eigenvalue weighted by atomic mass is 19.4. The van der Waals surface area contributed by atoms with Crippen LogP contribution in [0, 0.1) is 5.92 Å². The fourth-order valence-corrected chi connectivity index (χ4v) is 4.37. The van der Waals surface area contributed by atoms with Crippen molar-refractivity contribution in [3.8, 4) is 0 Å². The van der Waals surface area contributed by atoms with Crippen molar-refractivity contribution in [2.24, 2.45) is 5.92 Å². The molecule has 2 aromatic rings. The molecule has 1 atom stereocenters. The maximum atomic E-state index is 13.6. The number of hydrogen-bond acceptors (Lipinski definition) is 3. The summed E-state index contributed by atoms with van der Waals surface area (Å²) in [6.07, 6.45) is -3.10. The maximum absolute atomic E-state index is 13.6. The number of urea groups is 1. The minimum atomic E-state index is -4.59. The molecule has 6 nitrogen and oxygen atoms in total. The van der Waals surface area contributed by atoms with Crippen LogP contribution in [0.3, 0.4) is 0 Å². The zero-order valence-corrected chi connectivity index (χ0v) is 18.0. The largest absolute Gasteiger partial charge is 0.406 e. The summed E-state index contributed by atoms with van der Waals surface area (Å²) in [6.45, 7) is -0.611. The lowest BCUT2D eigenvalue weighted by molar-refractivity contribution is -0.166. The summed E-state index contributed by atoms with van der Waals surface area (Å²) in [4.78, 5) is 41.0. The van der Waals surface area contributed by atoms with E-state index in [1.807, 2.05) is 0 Å². The molecule has 174 valence electrons. The first-order valence-corrected chi connectivity index (χ1v) is 10.7. The number of carbonyl (C=O) groups excluding carboxylic acids is 3. The second-order valence-corrected chi connectivity index (χ2v) is 8.52. The Bertz CT molecular complexity index is 1000. The fourth-order valence-electron chi connectivity index (χ4n) is 4.37. The number of hydrogen-bond donors (Lipinski definition) is 1. The van der Waals surface area contributed by atoms with E-state index in [0.29, 0.717) is 16.0 Å². The lowest BCUT2D eigenvalue weighted by Gasteiger charge is -2.31. The number of imide groups is 1. The number of rotatable bonds is 7. The molecular weight excluding hydrogens is 435 g/mol. The third-order valence-electron chi connectivity index (χ3n) is 6.28. The van der Waals surface area contributed by atoms with Gasteiger partial charge in [-0.3, -0.25) is 14.5 Å². The van der Waals surface area contributed by atoms with E-state index in [1.165, 1.54) is 0 Å². The van der Waals surface area contributed by atoms with Crippen molar-refractivity contribution in [2.75, 3.05) is 13.1 Å². The van der Waals surface area contributed by atoms with E-state index in [2.05, 4.69) is 5.32 Å². The van der Waals surface area contributed by atoms with Crippen LogP contribution in [0.1, 0.15) is 30.9 Å². The number of nitrogens with zero attached hydrogens (tertiary/aromatic N) is 2. The molecule has 1 N–H and O–H groups in total. The Morgan fingerprint density at radius 1 is 1.06 bits per heavy atom. The standard InChI is InChI=1S/C24H24F3N3O3/c1-16(17-12-13-17)30(15-23(25,26)27)20(31)14-29-21(32)24(28-22(29)33,18-8-4-2-5-9-18)19-10-6-3-7-11-19/h2-11,16-17H,12-15H2,1H3,(H,28,33)/t16-/m0/s1. The van der Waals surface area contributed by atoms with Gasteiger partial charge in [0.25, 0.3) is 5.91 Å². The van der Waals surface area contributed by atoms with Gasteiger partial charge < -0.3 is 10.2 Å². The Labute approximate surface area is 189 Å². The van der Waals surface area contributed by atoms with Gasteiger partial charge in [-0.15, -0.1) is 0 Å². The van der Waals surface area contributed by atoms with Crippen LogP contribution in [0.5, 0.6) is 0 Å². The molecule has 4 rings (SSSR count). The van der Waals surface area contributed by atoms with Gasteiger partial charge in [0.1, 0.15) is 13.1 Å². The minimum absolute atomic E-state index is 0.00728. The summed E-state index contributed by atoms with van der Waals surface area (Å²) in [5.41, 5.74) is -0.595. The van der Waals surface area contributed by atoms with E-state index >= 15 is 0 Å². The molecule has 2 aliphatic rings. The molecule has 2 aromatic carbocycles. The normalized spacial score (nSPS) is 18.7. The van der Waals surface area contributed by atoms with Crippen molar-refractivity contribution in [1.82, 2.24) is 15.1 Å². The Morgan fingerprint density at radius 2 is 1.58 bits per heavy atom. The zero-order chi connectivity index (χ0) is 23.8. The third kappa shape index (κ3) is 4.44. The van der Waals surface area contributed by atoms with Crippen molar-refractivity contribution in [1.29, 1.82) is 0 Å². The number of alkyl halides is 3. The smallest absolute Gasteiger partial charge is 0.329 e. The molecule has 0 spiro atoms. The lowest BCUT2D eigenvalue weighted by atomic mass is 9.82. The summed E-state index contributed by atoms with van der Waals surface area (Å²) in [7, 11) is 0. The van der Waals surface area contributed by atoms with Crippen LogP contribution >= 0.6 is 0 Å². The molecule has 1 saturated heterocycles. The molecule has 9 heteroatoms. The van der Waals surface area contributed by atoms with Crippen LogP contribution in [0.2, 0.25) is 0 Å². The molecule has 1 aliphatic heterocycles. The molecule has 1 heterocycles. The zero-order valence-electron chi connectivity index (χ0n) is 18.0. The molecule has 2 fully saturated rings. The van der Waals surface area contributed by atoms with E-state index in [1.54, 1.807) is 67.6 Å². The topological polar surface area (TPSA) is 69.7 Å². The van der Waals surface area contributed by atoms with Gasteiger partial charge in [-0.25, -0.2) is 4.79 Å². The highest BCUT2D eigenvalue weighted by molar-refractivity contribution is 6.11. The van der Waals surface area contributed by atoms with Crippen LogP contribution < -0.4 is 5.32 Å². The van der Waals surface area contributed by atoms with Crippen molar-refractivity contribution in [3.05, 3.63) is 71.8 Å². The first kappa shape index (κ1) is 22.8.